The zero-order chi connectivity index (χ0) is 13.2. The quantitative estimate of drug-likeness (QED) is 0.682. The highest BCUT2D eigenvalue weighted by atomic mass is 32.1. The number of fused-ring (bicyclic) bond motifs is 1. The van der Waals surface area contributed by atoms with E-state index in [2.05, 4.69) is 23.5 Å². The van der Waals surface area contributed by atoms with Crippen LogP contribution in [-0.2, 0) is 19.4 Å². The molecular formula is C14H14N2O2S. The second-order valence-electron chi connectivity index (χ2n) is 4.69. The molecule has 3 rings (SSSR count). The molecule has 4 nitrogen and oxygen atoms in total. The average molecular weight is 274 g/mol. The van der Waals surface area contributed by atoms with Crippen molar-refractivity contribution in [3.63, 3.8) is 0 Å². The van der Waals surface area contributed by atoms with Crippen molar-refractivity contribution in [1.29, 1.82) is 0 Å². The summed E-state index contributed by atoms with van der Waals surface area (Å²) in [5, 5.41) is 14.1. The average Bonchev–Trinajstić information content (AvgIpc) is 3.04. The minimum atomic E-state index is -0.344. The van der Waals surface area contributed by atoms with Crippen molar-refractivity contribution in [2.75, 3.05) is 5.32 Å². The van der Waals surface area contributed by atoms with Crippen LogP contribution in [0.15, 0.2) is 30.3 Å². The molecule has 1 N–H and O–H groups in total. The number of hydrogen-bond acceptors (Lipinski definition) is 4. The van der Waals surface area contributed by atoms with Crippen LogP contribution in [0, 0.1) is 10.1 Å². The van der Waals surface area contributed by atoms with E-state index in [1.54, 1.807) is 6.07 Å². The van der Waals surface area contributed by atoms with Gasteiger partial charge in [0.15, 0.2) is 0 Å². The molecular weight excluding hydrogens is 260 g/mol. The molecule has 0 spiro atoms. The number of thiophene rings is 1. The van der Waals surface area contributed by atoms with Gasteiger partial charge in [0.05, 0.1) is 4.92 Å². The van der Waals surface area contributed by atoms with Gasteiger partial charge in [-0.2, -0.15) is 0 Å². The Labute approximate surface area is 115 Å². The Hall–Kier alpha value is -1.88. The predicted molar refractivity (Wildman–Crippen MR) is 76.8 cm³/mol. The van der Waals surface area contributed by atoms with Gasteiger partial charge < -0.3 is 5.32 Å². The maximum absolute atomic E-state index is 10.6. The van der Waals surface area contributed by atoms with Crippen LogP contribution in [0.4, 0.5) is 10.7 Å². The van der Waals surface area contributed by atoms with Gasteiger partial charge in [0, 0.05) is 23.2 Å². The predicted octanol–water partition coefficient (Wildman–Crippen LogP) is 3.76. The summed E-state index contributed by atoms with van der Waals surface area (Å²) in [5.74, 6) is 0. The summed E-state index contributed by atoms with van der Waals surface area (Å²) in [6.07, 6.45) is 3.60. The first-order chi connectivity index (χ1) is 9.22. The molecule has 0 fully saturated rings. The number of nitrogens with zero attached hydrogens (tertiary/aromatic N) is 1. The third-order valence-corrected chi connectivity index (χ3v) is 4.43. The van der Waals surface area contributed by atoms with Crippen molar-refractivity contribution in [3.05, 3.63) is 56.5 Å². The van der Waals surface area contributed by atoms with Gasteiger partial charge in [-0.15, -0.1) is 0 Å². The lowest BCUT2D eigenvalue weighted by Gasteiger charge is -2.07. The zero-order valence-corrected chi connectivity index (χ0v) is 11.2. The Kier molecular flexibility index (Phi) is 3.21. The van der Waals surface area contributed by atoms with Crippen molar-refractivity contribution in [3.8, 4) is 0 Å². The number of anilines is 1. The van der Waals surface area contributed by atoms with Crippen LogP contribution in [0.2, 0.25) is 0 Å². The van der Waals surface area contributed by atoms with Crippen molar-refractivity contribution in [2.24, 2.45) is 0 Å². The maximum Gasteiger partial charge on any atom is 0.324 e. The van der Waals surface area contributed by atoms with E-state index in [4.69, 9.17) is 0 Å². The molecule has 19 heavy (non-hydrogen) atoms. The molecule has 1 aromatic carbocycles. The van der Waals surface area contributed by atoms with Gasteiger partial charge in [-0.1, -0.05) is 17.4 Å². The highest BCUT2D eigenvalue weighted by Gasteiger charge is 2.12. The van der Waals surface area contributed by atoms with Crippen LogP contribution in [0.5, 0.6) is 0 Å². The number of nitrogens with one attached hydrogen (secondary N) is 1. The molecule has 5 heteroatoms. The highest BCUT2D eigenvalue weighted by Crippen LogP contribution is 2.27. The van der Waals surface area contributed by atoms with Crippen LogP contribution in [0.25, 0.3) is 0 Å². The molecule has 1 aromatic heterocycles. The van der Waals surface area contributed by atoms with E-state index in [-0.39, 0.29) is 9.92 Å². The summed E-state index contributed by atoms with van der Waals surface area (Å²) < 4.78 is 0. The lowest BCUT2D eigenvalue weighted by molar-refractivity contribution is -0.380. The van der Waals surface area contributed by atoms with E-state index < -0.39 is 0 Å². The molecule has 0 unspecified atom stereocenters. The topological polar surface area (TPSA) is 55.2 Å². The molecule has 0 amide bonds. The van der Waals surface area contributed by atoms with E-state index in [9.17, 15) is 10.1 Å². The van der Waals surface area contributed by atoms with Gasteiger partial charge in [-0.3, -0.25) is 10.1 Å². The molecule has 0 saturated heterocycles. The second kappa shape index (κ2) is 5.01. The lowest BCUT2D eigenvalue weighted by atomic mass is 10.1. The van der Waals surface area contributed by atoms with E-state index in [0.29, 0.717) is 6.54 Å². The third-order valence-electron chi connectivity index (χ3n) is 3.39. The number of aryl methyl sites for hydroxylation is 2. The zero-order valence-electron chi connectivity index (χ0n) is 10.4. The second-order valence-corrected chi connectivity index (χ2v) is 5.83. The fourth-order valence-corrected chi connectivity index (χ4v) is 3.19. The minimum Gasteiger partial charge on any atom is -0.380 e. The fourth-order valence-electron chi connectivity index (χ4n) is 2.43. The molecule has 0 radical (unpaired) electrons. The van der Waals surface area contributed by atoms with Gasteiger partial charge in [-0.05, 0) is 48.6 Å². The number of benzene rings is 1. The van der Waals surface area contributed by atoms with E-state index in [1.807, 2.05) is 6.07 Å². The first-order valence-corrected chi connectivity index (χ1v) is 7.13. The normalized spacial score (nSPS) is 13.3. The Morgan fingerprint density at radius 3 is 2.84 bits per heavy atom. The van der Waals surface area contributed by atoms with Crippen molar-refractivity contribution >= 4 is 22.0 Å². The smallest absolute Gasteiger partial charge is 0.324 e. The summed E-state index contributed by atoms with van der Waals surface area (Å²) in [6, 6.07) is 9.84. The summed E-state index contributed by atoms with van der Waals surface area (Å²) in [5.41, 5.74) is 3.98. The lowest BCUT2D eigenvalue weighted by Crippen LogP contribution is -1.98. The van der Waals surface area contributed by atoms with Gasteiger partial charge in [0.1, 0.15) is 0 Å². The fraction of sp³-hybridized carbons (Fsp3) is 0.286. The number of hydrogen-bond donors (Lipinski definition) is 1. The van der Waals surface area contributed by atoms with Crippen LogP contribution < -0.4 is 5.32 Å². The van der Waals surface area contributed by atoms with Crippen molar-refractivity contribution in [2.45, 2.75) is 25.8 Å². The summed E-state index contributed by atoms with van der Waals surface area (Å²) in [4.78, 5) is 11.2. The van der Waals surface area contributed by atoms with Crippen LogP contribution in [-0.4, -0.2) is 4.92 Å². The molecule has 1 heterocycles. The molecule has 0 atom stereocenters. The van der Waals surface area contributed by atoms with Gasteiger partial charge in [-0.25, -0.2) is 0 Å². The first-order valence-electron chi connectivity index (χ1n) is 6.31. The van der Waals surface area contributed by atoms with Gasteiger partial charge >= 0.3 is 5.00 Å². The van der Waals surface area contributed by atoms with E-state index in [0.717, 1.165) is 17.0 Å². The summed E-state index contributed by atoms with van der Waals surface area (Å²) >= 11 is 1.22. The molecule has 98 valence electrons. The molecule has 1 aliphatic carbocycles. The molecule has 1 aliphatic rings. The van der Waals surface area contributed by atoms with E-state index in [1.165, 1.54) is 35.3 Å². The third kappa shape index (κ3) is 2.61. The van der Waals surface area contributed by atoms with E-state index >= 15 is 0 Å². The van der Waals surface area contributed by atoms with Gasteiger partial charge in [0.2, 0.25) is 0 Å². The van der Waals surface area contributed by atoms with Crippen LogP contribution in [0.3, 0.4) is 0 Å². The molecule has 0 saturated carbocycles. The molecule has 0 aliphatic heterocycles. The monoisotopic (exact) mass is 274 g/mol. The Bertz CT molecular complexity index is 622. The number of nitro groups is 1. The molecule has 2 aromatic rings. The SMILES string of the molecule is O=[N+]([O-])c1ccc(CNc2ccc3c(c2)CCC3)s1. The Balaban J connectivity index is 1.67. The largest absolute Gasteiger partial charge is 0.380 e. The van der Waals surface area contributed by atoms with Crippen molar-refractivity contribution < 1.29 is 4.92 Å². The maximum atomic E-state index is 10.6. The van der Waals surface area contributed by atoms with Crippen LogP contribution in [0.1, 0.15) is 22.4 Å². The Morgan fingerprint density at radius 1 is 1.21 bits per heavy atom. The highest BCUT2D eigenvalue weighted by molar-refractivity contribution is 7.15. The van der Waals surface area contributed by atoms with Crippen molar-refractivity contribution in [1.82, 2.24) is 0 Å². The number of rotatable bonds is 4. The van der Waals surface area contributed by atoms with Crippen LogP contribution >= 0.6 is 11.3 Å². The minimum absolute atomic E-state index is 0.200. The molecule has 0 bridgehead atoms. The standard InChI is InChI=1S/C14H14N2O2S/c17-16(18)14-7-6-13(19-14)9-15-12-5-4-10-2-1-3-11(10)8-12/h4-8,15H,1-3,9H2. The first kappa shape index (κ1) is 12.2. The Morgan fingerprint density at radius 2 is 2.05 bits per heavy atom. The summed E-state index contributed by atoms with van der Waals surface area (Å²) in [7, 11) is 0. The summed E-state index contributed by atoms with van der Waals surface area (Å²) in [6.45, 7) is 0.636. The van der Waals surface area contributed by atoms with Gasteiger partial charge in [0.25, 0.3) is 0 Å².